The molecule has 0 saturated heterocycles. The molecule has 0 heterocycles. The lowest BCUT2D eigenvalue weighted by Gasteiger charge is -2.34. The van der Waals surface area contributed by atoms with Gasteiger partial charge in [-0.15, -0.1) is 0 Å². The molecule has 0 saturated carbocycles. The average Bonchev–Trinajstić information content (AvgIpc) is 3.29. The van der Waals surface area contributed by atoms with E-state index in [9.17, 15) is 0 Å². The number of fused-ring (bicyclic) bond motifs is 1. The molecule has 11 rings (SSSR count). The Labute approximate surface area is 334 Å². The van der Waals surface area contributed by atoms with E-state index < -0.39 is 8.07 Å². The topological polar surface area (TPSA) is 0 Å². The normalized spacial score (nSPS) is 11.9. The van der Waals surface area contributed by atoms with Crippen LogP contribution in [0.15, 0.2) is 231 Å². The third-order valence-corrected chi connectivity index (χ3v) is 16.9. The molecular formula is C56H38Si. The maximum Gasteiger partial charge on any atom is 0.179 e. The Morgan fingerprint density at radius 1 is 0.228 bits per heavy atom. The van der Waals surface area contributed by atoms with Crippen LogP contribution >= 0.6 is 0 Å². The van der Waals surface area contributed by atoms with E-state index in [1.165, 1.54) is 97.2 Å². The zero-order valence-corrected chi connectivity index (χ0v) is 32.4. The van der Waals surface area contributed by atoms with E-state index >= 15 is 0 Å². The first-order valence-electron chi connectivity index (χ1n) is 19.8. The molecule has 11 aromatic carbocycles. The number of benzene rings is 11. The summed E-state index contributed by atoms with van der Waals surface area (Å²) in [6.07, 6.45) is 0. The van der Waals surface area contributed by atoms with E-state index in [1.807, 2.05) is 0 Å². The van der Waals surface area contributed by atoms with Crippen LogP contribution in [0.1, 0.15) is 0 Å². The predicted octanol–water partition coefficient (Wildman–Crippen LogP) is 12.1. The molecule has 0 unspecified atom stereocenters. The smallest absolute Gasteiger partial charge is 0.0623 e. The summed E-state index contributed by atoms with van der Waals surface area (Å²) in [5, 5.41) is 15.8. The SMILES string of the molecule is c1ccc([Si](c2ccccc2)(c2ccccc2)c2cccc(-c3ccc4ccc5c(-c6cccc(-c7ccc8ccccc8c7)c6)ccc6ccc3c4c65)c2)cc1. The van der Waals surface area contributed by atoms with Gasteiger partial charge in [0.25, 0.3) is 0 Å². The van der Waals surface area contributed by atoms with Gasteiger partial charge in [0.1, 0.15) is 0 Å². The molecule has 0 N–H and O–H groups in total. The highest BCUT2D eigenvalue weighted by molar-refractivity contribution is 7.19. The number of hydrogen-bond donors (Lipinski definition) is 0. The first-order valence-corrected chi connectivity index (χ1v) is 21.8. The summed E-state index contributed by atoms with van der Waals surface area (Å²) in [7, 11) is -2.68. The Bertz CT molecular complexity index is 3120. The molecule has 0 fully saturated rings. The van der Waals surface area contributed by atoms with Crippen LogP contribution in [0, 0.1) is 0 Å². The van der Waals surface area contributed by atoms with Crippen LogP contribution in [0.5, 0.6) is 0 Å². The highest BCUT2D eigenvalue weighted by Crippen LogP contribution is 2.43. The largest absolute Gasteiger partial charge is 0.179 e. The van der Waals surface area contributed by atoms with Crippen molar-refractivity contribution in [3.63, 3.8) is 0 Å². The quantitative estimate of drug-likeness (QED) is 0.0868. The second-order valence-corrected chi connectivity index (χ2v) is 19.0. The molecule has 57 heavy (non-hydrogen) atoms. The summed E-state index contributed by atoms with van der Waals surface area (Å²) in [5.41, 5.74) is 7.46. The fraction of sp³-hybridized carbons (Fsp3) is 0. The molecule has 0 spiro atoms. The minimum atomic E-state index is -2.68. The molecular weight excluding hydrogens is 701 g/mol. The zero-order valence-electron chi connectivity index (χ0n) is 31.4. The van der Waals surface area contributed by atoms with Crippen LogP contribution in [0.3, 0.4) is 0 Å². The molecule has 11 aromatic rings. The summed E-state index contributed by atoms with van der Waals surface area (Å²) in [6, 6.07) is 86.1. The molecule has 0 nitrogen and oxygen atoms in total. The van der Waals surface area contributed by atoms with E-state index in [1.54, 1.807) is 0 Å². The van der Waals surface area contributed by atoms with Crippen molar-refractivity contribution in [2.24, 2.45) is 0 Å². The van der Waals surface area contributed by atoms with Gasteiger partial charge in [-0.1, -0.05) is 218 Å². The van der Waals surface area contributed by atoms with E-state index in [0.717, 1.165) is 0 Å². The average molecular weight is 739 g/mol. The first-order chi connectivity index (χ1) is 28.3. The molecule has 1 heteroatoms. The van der Waals surface area contributed by atoms with Crippen LogP contribution in [0.2, 0.25) is 0 Å². The first kappa shape index (κ1) is 33.3. The second kappa shape index (κ2) is 13.6. The standard InChI is InChI=1S/C56H38Si/c1-4-19-47(20-5-1)57(48-21-6-2-7-22-48,49-23-8-3-9-24-49)50-25-13-18-46(38-50)52-33-29-41-30-34-53-51(32-28-40-31-35-54(52)56(41)55(40)53)45-17-12-16-43(37-45)44-27-26-39-14-10-11-15-42(39)36-44/h1-38H. The summed E-state index contributed by atoms with van der Waals surface area (Å²) >= 11 is 0. The zero-order chi connectivity index (χ0) is 37.8. The van der Waals surface area contributed by atoms with Crippen molar-refractivity contribution in [1.82, 2.24) is 0 Å². The lowest BCUT2D eigenvalue weighted by molar-refractivity contribution is 1.62. The third kappa shape index (κ3) is 5.43. The maximum atomic E-state index is 2.50. The van der Waals surface area contributed by atoms with Gasteiger partial charge in [-0.2, -0.15) is 0 Å². The van der Waals surface area contributed by atoms with Gasteiger partial charge in [-0.3, -0.25) is 0 Å². The fourth-order valence-electron chi connectivity index (χ4n) is 9.52. The van der Waals surface area contributed by atoms with Crippen LogP contribution in [-0.2, 0) is 0 Å². The Balaban J connectivity index is 1.09. The monoisotopic (exact) mass is 738 g/mol. The highest BCUT2D eigenvalue weighted by atomic mass is 28.3. The molecule has 0 aliphatic rings. The summed E-state index contributed by atoms with van der Waals surface area (Å²) < 4.78 is 0. The second-order valence-electron chi connectivity index (χ2n) is 15.2. The summed E-state index contributed by atoms with van der Waals surface area (Å²) in [5.74, 6) is 0. The predicted molar refractivity (Wildman–Crippen MR) is 248 cm³/mol. The van der Waals surface area contributed by atoms with Gasteiger partial charge in [0, 0.05) is 0 Å². The molecule has 0 aromatic heterocycles. The fourth-order valence-corrected chi connectivity index (χ4v) is 14.3. The Morgan fingerprint density at radius 3 is 1.23 bits per heavy atom. The summed E-state index contributed by atoms with van der Waals surface area (Å²) in [4.78, 5) is 0. The van der Waals surface area contributed by atoms with Crippen molar-refractivity contribution in [2.45, 2.75) is 0 Å². The Hall–Kier alpha value is -7.06. The van der Waals surface area contributed by atoms with Crippen molar-refractivity contribution >= 4 is 71.9 Å². The van der Waals surface area contributed by atoms with Gasteiger partial charge in [0.15, 0.2) is 8.07 Å². The van der Waals surface area contributed by atoms with E-state index in [2.05, 4.69) is 231 Å². The van der Waals surface area contributed by atoms with E-state index in [-0.39, 0.29) is 0 Å². The molecule has 0 aliphatic heterocycles. The number of rotatable bonds is 7. The third-order valence-electron chi connectivity index (χ3n) is 12.1. The van der Waals surface area contributed by atoms with Gasteiger partial charge in [0.2, 0.25) is 0 Å². The van der Waals surface area contributed by atoms with E-state index in [4.69, 9.17) is 0 Å². The van der Waals surface area contributed by atoms with Gasteiger partial charge in [-0.25, -0.2) is 0 Å². The van der Waals surface area contributed by atoms with Crippen LogP contribution in [0.25, 0.3) is 76.5 Å². The minimum absolute atomic E-state index is 1.23. The van der Waals surface area contributed by atoms with Gasteiger partial charge in [0.05, 0.1) is 0 Å². The lowest BCUT2D eigenvalue weighted by Crippen LogP contribution is -2.74. The minimum Gasteiger partial charge on any atom is -0.0623 e. The lowest BCUT2D eigenvalue weighted by atomic mass is 9.87. The molecule has 0 radical (unpaired) electrons. The molecule has 0 bridgehead atoms. The van der Waals surface area contributed by atoms with Crippen LogP contribution in [-0.4, -0.2) is 8.07 Å². The molecule has 0 atom stereocenters. The van der Waals surface area contributed by atoms with E-state index in [0.29, 0.717) is 0 Å². The van der Waals surface area contributed by atoms with Crippen LogP contribution < -0.4 is 20.7 Å². The van der Waals surface area contributed by atoms with Gasteiger partial charge >= 0.3 is 0 Å². The van der Waals surface area contributed by atoms with Crippen LogP contribution in [0.4, 0.5) is 0 Å². The van der Waals surface area contributed by atoms with Gasteiger partial charge < -0.3 is 0 Å². The highest BCUT2D eigenvalue weighted by Gasteiger charge is 2.41. The Morgan fingerprint density at radius 2 is 0.649 bits per heavy atom. The van der Waals surface area contributed by atoms with Crippen molar-refractivity contribution in [3.05, 3.63) is 231 Å². The number of hydrogen-bond acceptors (Lipinski definition) is 0. The van der Waals surface area contributed by atoms with Crippen molar-refractivity contribution in [3.8, 4) is 33.4 Å². The maximum absolute atomic E-state index is 2.68. The van der Waals surface area contributed by atoms with Gasteiger partial charge in [-0.05, 0) is 109 Å². The van der Waals surface area contributed by atoms with Crippen molar-refractivity contribution < 1.29 is 0 Å². The summed E-state index contributed by atoms with van der Waals surface area (Å²) in [6.45, 7) is 0. The molecule has 0 amide bonds. The molecule has 266 valence electrons. The Kier molecular flexibility index (Phi) is 7.94. The van der Waals surface area contributed by atoms with Crippen molar-refractivity contribution in [1.29, 1.82) is 0 Å². The van der Waals surface area contributed by atoms with Crippen molar-refractivity contribution in [2.75, 3.05) is 0 Å². The molecule has 0 aliphatic carbocycles.